The first-order chi connectivity index (χ1) is 11.3. The van der Waals surface area contributed by atoms with Crippen LogP contribution in [0.2, 0.25) is 0 Å². The number of carbonyl (C=O) groups excluding carboxylic acids is 1. The Bertz CT molecular complexity index is 818. The number of rotatable bonds is 5. The highest BCUT2D eigenvalue weighted by Crippen LogP contribution is 2.33. The number of carbonyl (C=O) groups is 1. The van der Waals surface area contributed by atoms with Gasteiger partial charge in [0.2, 0.25) is 5.95 Å². The molecule has 1 aromatic carbocycles. The van der Waals surface area contributed by atoms with Crippen LogP contribution in [0, 0.1) is 6.92 Å². The quantitative estimate of drug-likeness (QED) is 0.616. The minimum absolute atomic E-state index is 0.147. The molecule has 4 N–H and O–H groups in total. The van der Waals surface area contributed by atoms with Crippen molar-refractivity contribution in [2.45, 2.75) is 25.0 Å². The molecule has 0 saturated heterocycles. The first-order valence-corrected chi connectivity index (χ1v) is 9.92. The summed E-state index contributed by atoms with van der Waals surface area (Å²) in [6.07, 6.45) is 6.65. The van der Waals surface area contributed by atoms with Crippen LogP contribution in [0.25, 0.3) is 0 Å². The van der Waals surface area contributed by atoms with E-state index >= 15 is 0 Å². The third-order valence-electron chi connectivity index (χ3n) is 4.01. The number of nitrogen functional groups attached to an aromatic ring is 1. The summed E-state index contributed by atoms with van der Waals surface area (Å²) in [6, 6.07) is 5.40. The Balaban J connectivity index is 1.79. The molecule has 1 saturated carbocycles. The van der Waals surface area contributed by atoms with Gasteiger partial charge in [0, 0.05) is 22.8 Å². The Kier molecular flexibility index (Phi) is 4.23. The Morgan fingerprint density at radius 2 is 1.92 bits per heavy atom. The summed E-state index contributed by atoms with van der Waals surface area (Å²) < 4.78 is 15.7. The van der Waals surface area contributed by atoms with Gasteiger partial charge in [-0.1, -0.05) is 6.07 Å². The summed E-state index contributed by atoms with van der Waals surface area (Å²) in [4.78, 5) is 20.2. The summed E-state index contributed by atoms with van der Waals surface area (Å²) in [5.74, 6) is -0.129. The first kappa shape index (κ1) is 16.4. The molecule has 1 heterocycles. The normalized spacial score (nSPS) is 14.9. The number of nitrogens with two attached hydrogens (primary N) is 1. The molecule has 0 radical (unpaired) electrons. The van der Waals surface area contributed by atoms with Crippen molar-refractivity contribution in [3.05, 3.63) is 41.7 Å². The van der Waals surface area contributed by atoms with E-state index in [1.165, 1.54) is 12.4 Å². The molecule has 0 aliphatic heterocycles. The summed E-state index contributed by atoms with van der Waals surface area (Å²) in [7, 11) is -2.43. The van der Waals surface area contributed by atoms with Crippen LogP contribution in [0.3, 0.4) is 0 Å². The van der Waals surface area contributed by atoms with E-state index < -0.39 is 10.1 Å². The van der Waals surface area contributed by atoms with E-state index in [0.29, 0.717) is 16.9 Å². The topological polar surface area (TPSA) is 110 Å². The van der Waals surface area contributed by atoms with Crippen LogP contribution < -0.4 is 15.8 Å². The van der Waals surface area contributed by atoms with Gasteiger partial charge >= 0.3 is 0 Å². The minimum atomic E-state index is -2.43. The monoisotopic (exact) mass is 347 g/mol. The number of aromatic nitrogens is 2. The van der Waals surface area contributed by atoms with Crippen molar-refractivity contribution in [3.63, 3.8) is 0 Å². The van der Waals surface area contributed by atoms with Crippen LogP contribution in [-0.2, 0) is 10.1 Å². The highest BCUT2D eigenvalue weighted by Gasteiger charge is 2.32. The molecule has 1 aliphatic carbocycles. The van der Waals surface area contributed by atoms with Crippen LogP contribution in [0.1, 0.15) is 28.8 Å². The van der Waals surface area contributed by atoms with Gasteiger partial charge < -0.3 is 15.8 Å². The maximum absolute atomic E-state index is 12.6. The summed E-state index contributed by atoms with van der Waals surface area (Å²) in [5, 5.41) is 2.99. The molecule has 1 aliphatic rings. The van der Waals surface area contributed by atoms with Crippen molar-refractivity contribution >= 4 is 33.3 Å². The molecule has 7 nitrogen and oxygen atoms in total. The number of benzene rings is 1. The molecule has 24 heavy (non-hydrogen) atoms. The second-order valence-corrected chi connectivity index (χ2v) is 9.08. The molecule has 128 valence electrons. The summed E-state index contributed by atoms with van der Waals surface area (Å²) >= 11 is 0. The fourth-order valence-corrected chi connectivity index (χ4v) is 4.42. The van der Waals surface area contributed by atoms with Crippen LogP contribution in [0.15, 0.2) is 30.6 Å². The van der Waals surface area contributed by atoms with Crippen LogP contribution in [-0.4, -0.2) is 31.6 Å². The molecule has 2 aromatic rings. The smallest absolute Gasteiger partial charge is 0.256 e. The average molecular weight is 347 g/mol. The van der Waals surface area contributed by atoms with Gasteiger partial charge in [0.25, 0.3) is 5.91 Å². The zero-order valence-electron chi connectivity index (χ0n) is 13.6. The third-order valence-corrected chi connectivity index (χ3v) is 6.62. The van der Waals surface area contributed by atoms with Crippen molar-refractivity contribution in [3.8, 4) is 0 Å². The van der Waals surface area contributed by atoms with Crippen molar-refractivity contribution in [2.75, 3.05) is 22.0 Å². The second-order valence-electron chi connectivity index (χ2n) is 6.15. The molecule has 0 bridgehead atoms. The number of nitrogens with zero attached hydrogens (tertiary/aromatic N) is 2. The minimum Gasteiger partial charge on any atom is -0.368 e. The number of anilines is 3. The molecule has 1 aromatic heterocycles. The molecule has 0 unspecified atom stereocenters. The van der Waals surface area contributed by atoms with E-state index in [1.54, 1.807) is 12.3 Å². The Labute approximate surface area is 141 Å². The number of thiol groups is 1. The van der Waals surface area contributed by atoms with Crippen molar-refractivity contribution in [2.24, 2.45) is 0 Å². The van der Waals surface area contributed by atoms with Crippen molar-refractivity contribution < 1.29 is 9.00 Å². The number of amides is 1. The molecule has 0 atom stereocenters. The lowest BCUT2D eigenvalue weighted by atomic mass is 10.1. The standard InChI is InChI=1S/C16H21N5O2S/c1-10-3-4-11(21-24(2,23)13-5-6-13)7-14(10)15(22)20-12-8-18-16(17)19-9-12/h3-4,7-9,13,24H,5-6H2,1-2H3,(H,20,22)(H,21,23)(H2,17,18,19). The number of aryl methyl sites for hydroxylation is 1. The average Bonchev–Trinajstić information content (AvgIpc) is 3.36. The molecular formula is C16H21N5O2S. The maximum atomic E-state index is 12.6. The third kappa shape index (κ3) is 3.70. The highest BCUT2D eigenvalue weighted by atomic mass is 32.3. The number of hydrogen-bond donors (Lipinski definition) is 4. The fourth-order valence-electron chi connectivity index (χ4n) is 2.45. The predicted octanol–water partition coefficient (Wildman–Crippen LogP) is 1.76. The van der Waals surface area contributed by atoms with Crippen LogP contribution in [0.5, 0.6) is 0 Å². The van der Waals surface area contributed by atoms with Gasteiger partial charge in [0.05, 0.1) is 18.1 Å². The molecule has 3 rings (SSSR count). The van der Waals surface area contributed by atoms with Crippen LogP contribution in [0.4, 0.5) is 17.3 Å². The van der Waals surface area contributed by atoms with Crippen molar-refractivity contribution in [1.82, 2.24) is 9.97 Å². The van der Waals surface area contributed by atoms with Gasteiger partial charge in [-0.2, -0.15) is 0 Å². The Morgan fingerprint density at radius 3 is 2.54 bits per heavy atom. The highest BCUT2D eigenvalue weighted by molar-refractivity contribution is 8.04. The fraction of sp³-hybridized carbons (Fsp3) is 0.312. The first-order valence-electron chi connectivity index (χ1n) is 7.70. The maximum Gasteiger partial charge on any atom is 0.256 e. The predicted molar refractivity (Wildman–Crippen MR) is 97.7 cm³/mol. The second kappa shape index (κ2) is 6.20. The number of hydrogen-bond acceptors (Lipinski definition) is 5. The van der Waals surface area contributed by atoms with Crippen molar-refractivity contribution in [1.29, 1.82) is 0 Å². The Hall–Kier alpha value is -2.48. The van der Waals surface area contributed by atoms with E-state index in [-0.39, 0.29) is 17.1 Å². The molecular weight excluding hydrogens is 326 g/mol. The molecule has 8 heteroatoms. The summed E-state index contributed by atoms with van der Waals surface area (Å²) in [5.41, 5.74) is 7.92. The molecule has 0 spiro atoms. The lowest BCUT2D eigenvalue weighted by Gasteiger charge is -2.22. The zero-order valence-corrected chi connectivity index (χ0v) is 14.5. The van der Waals surface area contributed by atoms with Gasteiger partial charge in [-0.15, -0.1) is 0 Å². The molecule has 1 fully saturated rings. The van der Waals surface area contributed by atoms with Gasteiger partial charge in [-0.3, -0.25) is 9.00 Å². The van der Waals surface area contributed by atoms with Gasteiger partial charge in [-0.05, 0) is 47.6 Å². The van der Waals surface area contributed by atoms with E-state index in [9.17, 15) is 9.00 Å². The SMILES string of the molecule is Cc1ccc(N[SH](C)(=O)C2CC2)cc1C(=O)Nc1cnc(N)nc1. The number of nitrogens with one attached hydrogen (secondary N) is 2. The summed E-state index contributed by atoms with van der Waals surface area (Å²) in [6.45, 7) is 1.85. The van der Waals surface area contributed by atoms with Crippen LogP contribution >= 0.6 is 0 Å². The van der Waals surface area contributed by atoms with Gasteiger partial charge in [0.1, 0.15) is 0 Å². The van der Waals surface area contributed by atoms with E-state index in [2.05, 4.69) is 20.0 Å². The lowest BCUT2D eigenvalue weighted by molar-refractivity contribution is 0.102. The lowest BCUT2D eigenvalue weighted by Crippen LogP contribution is -2.25. The van der Waals surface area contributed by atoms with Gasteiger partial charge in [-0.25, -0.2) is 9.97 Å². The van der Waals surface area contributed by atoms with E-state index in [1.807, 2.05) is 19.1 Å². The zero-order chi connectivity index (χ0) is 17.3. The van der Waals surface area contributed by atoms with E-state index in [4.69, 9.17) is 5.73 Å². The largest absolute Gasteiger partial charge is 0.368 e. The molecule has 1 amide bonds. The van der Waals surface area contributed by atoms with E-state index in [0.717, 1.165) is 18.4 Å². The van der Waals surface area contributed by atoms with Gasteiger partial charge in [0.15, 0.2) is 0 Å². The Morgan fingerprint density at radius 1 is 1.25 bits per heavy atom.